The number of likely N-dealkylation sites (tertiary alicyclic amines) is 1. The fourth-order valence-corrected chi connectivity index (χ4v) is 3.19. The lowest BCUT2D eigenvalue weighted by Gasteiger charge is -2.30. The summed E-state index contributed by atoms with van der Waals surface area (Å²) in [6, 6.07) is 8.35. The standard InChI is InChI=1S/C15H19N7/c16-15-18-14(19-20-15)11-5-8-21(9-6-11)10-13-3-1-2-12-4-7-17-22(12)13/h1-4,7,11H,5-6,8-10H2,(H3,16,18,19,20). The number of rotatable bonds is 3. The van der Waals surface area contributed by atoms with E-state index in [0.29, 0.717) is 11.9 Å². The lowest BCUT2D eigenvalue weighted by Crippen LogP contribution is -2.33. The van der Waals surface area contributed by atoms with Gasteiger partial charge in [-0.1, -0.05) is 6.07 Å². The summed E-state index contributed by atoms with van der Waals surface area (Å²) in [4.78, 5) is 6.72. The average molecular weight is 297 g/mol. The van der Waals surface area contributed by atoms with Crippen molar-refractivity contribution in [1.82, 2.24) is 29.7 Å². The van der Waals surface area contributed by atoms with E-state index in [1.54, 1.807) is 0 Å². The topological polar surface area (TPSA) is 88.1 Å². The Morgan fingerprint density at radius 1 is 1.23 bits per heavy atom. The van der Waals surface area contributed by atoms with E-state index < -0.39 is 0 Å². The number of pyridine rings is 1. The van der Waals surface area contributed by atoms with Crippen LogP contribution in [0.1, 0.15) is 30.3 Å². The minimum atomic E-state index is 0.336. The summed E-state index contributed by atoms with van der Waals surface area (Å²) in [5.74, 6) is 1.69. The van der Waals surface area contributed by atoms with Crippen molar-refractivity contribution in [2.45, 2.75) is 25.3 Å². The van der Waals surface area contributed by atoms with Gasteiger partial charge in [-0.05, 0) is 44.1 Å². The third-order valence-corrected chi connectivity index (χ3v) is 4.38. The fourth-order valence-electron chi connectivity index (χ4n) is 3.19. The summed E-state index contributed by atoms with van der Waals surface area (Å²) >= 11 is 0. The Labute approximate surface area is 128 Å². The summed E-state index contributed by atoms with van der Waals surface area (Å²) < 4.78 is 2.02. The molecular formula is C15H19N7. The van der Waals surface area contributed by atoms with Crippen molar-refractivity contribution < 1.29 is 0 Å². The van der Waals surface area contributed by atoms with Crippen LogP contribution in [0.4, 0.5) is 5.95 Å². The molecule has 0 unspecified atom stereocenters. The maximum atomic E-state index is 5.58. The summed E-state index contributed by atoms with van der Waals surface area (Å²) in [5, 5.41) is 11.3. The highest BCUT2D eigenvalue weighted by molar-refractivity contribution is 5.46. The SMILES string of the molecule is Nc1n[nH]c(C2CCN(Cc3cccc4ccnn34)CC2)n1. The Hall–Kier alpha value is -2.41. The van der Waals surface area contributed by atoms with Crippen molar-refractivity contribution in [1.29, 1.82) is 0 Å². The lowest BCUT2D eigenvalue weighted by molar-refractivity contribution is 0.198. The van der Waals surface area contributed by atoms with E-state index in [0.717, 1.165) is 43.8 Å². The van der Waals surface area contributed by atoms with E-state index in [9.17, 15) is 0 Å². The predicted octanol–water partition coefficient (Wildman–Crippen LogP) is 1.41. The molecule has 0 atom stereocenters. The molecule has 0 saturated carbocycles. The van der Waals surface area contributed by atoms with Gasteiger partial charge >= 0.3 is 0 Å². The second-order valence-electron chi connectivity index (χ2n) is 5.81. The molecule has 7 nitrogen and oxygen atoms in total. The van der Waals surface area contributed by atoms with Gasteiger partial charge in [0.1, 0.15) is 5.82 Å². The smallest absolute Gasteiger partial charge is 0.239 e. The normalized spacial score (nSPS) is 17.3. The molecule has 7 heteroatoms. The Morgan fingerprint density at radius 2 is 2.09 bits per heavy atom. The zero-order valence-electron chi connectivity index (χ0n) is 12.3. The monoisotopic (exact) mass is 297 g/mol. The van der Waals surface area contributed by atoms with Gasteiger partial charge < -0.3 is 5.73 Å². The number of anilines is 1. The van der Waals surface area contributed by atoms with E-state index >= 15 is 0 Å². The van der Waals surface area contributed by atoms with Crippen LogP contribution in [0, 0.1) is 0 Å². The summed E-state index contributed by atoms with van der Waals surface area (Å²) in [6.45, 7) is 3.01. The molecule has 4 heterocycles. The zero-order valence-corrected chi connectivity index (χ0v) is 12.3. The molecule has 0 aliphatic carbocycles. The van der Waals surface area contributed by atoms with Gasteiger partial charge in [-0.25, -0.2) is 4.52 Å². The Bertz CT molecular complexity index is 767. The molecule has 4 rings (SSSR count). The number of nitrogens with one attached hydrogen (secondary N) is 1. The molecule has 0 spiro atoms. The van der Waals surface area contributed by atoms with Gasteiger partial charge in [0.25, 0.3) is 0 Å². The van der Waals surface area contributed by atoms with E-state index in [4.69, 9.17) is 5.73 Å². The fraction of sp³-hybridized carbons (Fsp3) is 0.400. The number of fused-ring (bicyclic) bond motifs is 1. The van der Waals surface area contributed by atoms with E-state index in [-0.39, 0.29) is 0 Å². The molecule has 22 heavy (non-hydrogen) atoms. The van der Waals surface area contributed by atoms with Crippen molar-refractivity contribution in [2.24, 2.45) is 0 Å². The van der Waals surface area contributed by atoms with Crippen LogP contribution < -0.4 is 5.73 Å². The number of piperidine rings is 1. The Kier molecular flexibility index (Phi) is 3.27. The van der Waals surface area contributed by atoms with Crippen molar-refractivity contribution >= 4 is 11.5 Å². The van der Waals surface area contributed by atoms with Crippen molar-refractivity contribution in [3.63, 3.8) is 0 Å². The average Bonchev–Trinajstić information content (AvgIpc) is 3.17. The van der Waals surface area contributed by atoms with Crippen LogP contribution in [0.15, 0.2) is 30.5 Å². The molecule has 3 N–H and O–H groups in total. The van der Waals surface area contributed by atoms with Crippen molar-refractivity contribution in [3.8, 4) is 0 Å². The van der Waals surface area contributed by atoms with Crippen LogP contribution in [0.3, 0.4) is 0 Å². The van der Waals surface area contributed by atoms with Crippen LogP contribution >= 0.6 is 0 Å². The van der Waals surface area contributed by atoms with Gasteiger partial charge in [-0.2, -0.15) is 10.1 Å². The van der Waals surface area contributed by atoms with Crippen LogP contribution in [0.25, 0.3) is 5.52 Å². The summed E-state index contributed by atoms with van der Waals surface area (Å²) in [5.41, 5.74) is 7.95. The maximum absolute atomic E-state index is 5.58. The summed E-state index contributed by atoms with van der Waals surface area (Å²) in [7, 11) is 0. The van der Waals surface area contributed by atoms with Gasteiger partial charge in [0.15, 0.2) is 0 Å². The van der Waals surface area contributed by atoms with Crippen LogP contribution in [-0.2, 0) is 6.54 Å². The highest BCUT2D eigenvalue weighted by atomic mass is 15.3. The van der Waals surface area contributed by atoms with Crippen molar-refractivity contribution in [2.75, 3.05) is 18.8 Å². The Balaban J connectivity index is 1.43. The molecular weight excluding hydrogens is 278 g/mol. The van der Waals surface area contributed by atoms with E-state index in [1.807, 2.05) is 16.8 Å². The van der Waals surface area contributed by atoms with Gasteiger partial charge in [0.05, 0.1) is 11.2 Å². The molecule has 1 aliphatic rings. The number of nitrogens with zero attached hydrogens (tertiary/aromatic N) is 5. The van der Waals surface area contributed by atoms with Gasteiger partial charge in [-0.3, -0.25) is 10.00 Å². The largest absolute Gasteiger partial charge is 0.367 e. The van der Waals surface area contributed by atoms with E-state index in [1.165, 1.54) is 5.69 Å². The minimum Gasteiger partial charge on any atom is -0.367 e. The number of aromatic nitrogens is 5. The van der Waals surface area contributed by atoms with Crippen LogP contribution in [-0.4, -0.2) is 42.8 Å². The highest BCUT2D eigenvalue weighted by Gasteiger charge is 2.23. The number of nitrogen functional groups attached to an aromatic ring is 1. The first-order chi connectivity index (χ1) is 10.8. The second kappa shape index (κ2) is 5.42. The predicted molar refractivity (Wildman–Crippen MR) is 83.2 cm³/mol. The molecule has 0 bridgehead atoms. The first-order valence-corrected chi connectivity index (χ1v) is 7.61. The number of aromatic amines is 1. The third kappa shape index (κ3) is 2.43. The Morgan fingerprint density at radius 3 is 2.86 bits per heavy atom. The number of hydrogen-bond donors (Lipinski definition) is 2. The number of nitrogens with two attached hydrogens (primary N) is 1. The van der Waals surface area contributed by atoms with Crippen molar-refractivity contribution in [3.05, 3.63) is 42.0 Å². The first-order valence-electron chi connectivity index (χ1n) is 7.61. The maximum Gasteiger partial charge on any atom is 0.239 e. The molecule has 1 aliphatic heterocycles. The number of H-pyrrole nitrogens is 1. The third-order valence-electron chi connectivity index (χ3n) is 4.38. The lowest BCUT2D eigenvalue weighted by atomic mass is 9.96. The quantitative estimate of drug-likeness (QED) is 0.763. The van der Waals surface area contributed by atoms with Gasteiger partial charge in [0.2, 0.25) is 5.95 Å². The van der Waals surface area contributed by atoms with Crippen LogP contribution in [0.2, 0.25) is 0 Å². The van der Waals surface area contributed by atoms with E-state index in [2.05, 4.69) is 43.4 Å². The second-order valence-corrected chi connectivity index (χ2v) is 5.81. The molecule has 3 aromatic heterocycles. The molecule has 1 fully saturated rings. The molecule has 0 amide bonds. The number of hydrogen-bond acceptors (Lipinski definition) is 5. The molecule has 114 valence electrons. The molecule has 0 radical (unpaired) electrons. The van der Waals surface area contributed by atoms with Crippen LogP contribution in [0.5, 0.6) is 0 Å². The van der Waals surface area contributed by atoms with Gasteiger partial charge in [0, 0.05) is 18.7 Å². The van der Waals surface area contributed by atoms with Gasteiger partial charge in [-0.15, -0.1) is 5.10 Å². The first kappa shape index (κ1) is 13.3. The minimum absolute atomic E-state index is 0.336. The molecule has 3 aromatic rings. The zero-order chi connectivity index (χ0) is 14.9. The summed E-state index contributed by atoms with van der Waals surface area (Å²) in [6.07, 6.45) is 3.99. The molecule has 1 saturated heterocycles. The highest BCUT2D eigenvalue weighted by Crippen LogP contribution is 2.26. The molecule has 0 aromatic carbocycles.